The van der Waals surface area contributed by atoms with Crippen LogP contribution < -0.4 is 10.9 Å². The van der Waals surface area contributed by atoms with E-state index < -0.39 is 11.8 Å². The molecule has 2 amide bonds. The summed E-state index contributed by atoms with van der Waals surface area (Å²) in [6.07, 6.45) is 2.65. The topological polar surface area (TPSA) is 82.9 Å². The van der Waals surface area contributed by atoms with Crippen molar-refractivity contribution in [3.8, 4) is 0 Å². The fourth-order valence-electron chi connectivity index (χ4n) is 1.90. The Morgan fingerprint density at radius 3 is 1.50 bits per heavy atom. The summed E-state index contributed by atoms with van der Waals surface area (Å²) in [7, 11) is 0. The first-order chi connectivity index (χ1) is 13.3. The van der Waals surface area contributed by atoms with Gasteiger partial charge in [-0.2, -0.15) is 10.2 Å². The quantitative estimate of drug-likeness (QED) is 0.465. The summed E-state index contributed by atoms with van der Waals surface area (Å²) >= 11 is 23.6. The molecule has 0 unspecified atom stereocenters. The number of hydrazone groups is 2. The van der Waals surface area contributed by atoms with Gasteiger partial charge >= 0.3 is 0 Å². The Morgan fingerprint density at radius 2 is 1.14 bits per heavy atom. The van der Waals surface area contributed by atoms with Crippen LogP contribution in [0.5, 0.6) is 0 Å². The number of carbonyl (C=O) groups is 2. The van der Waals surface area contributed by atoms with E-state index in [-0.39, 0.29) is 12.8 Å². The maximum atomic E-state index is 11.7. The molecule has 2 rings (SSSR count). The van der Waals surface area contributed by atoms with Crippen LogP contribution in [0.1, 0.15) is 24.0 Å². The van der Waals surface area contributed by atoms with Gasteiger partial charge in [-0.1, -0.05) is 58.5 Å². The van der Waals surface area contributed by atoms with E-state index in [0.29, 0.717) is 31.2 Å². The number of halogens is 4. The van der Waals surface area contributed by atoms with Crippen LogP contribution in [0.2, 0.25) is 20.1 Å². The molecule has 0 bridgehead atoms. The fourth-order valence-corrected chi connectivity index (χ4v) is 2.81. The number of nitrogens with zero attached hydrogens (tertiary/aromatic N) is 2. The fraction of sp³-hybridized carbons (Fsp3) is 0.111. The van der Waals surface area contributed by atoms with Crippen LogP contribution in [-0.2, 0) is 9.59 Å². The Balaban J connectivity index is 1.73. The van der Waals surface area contributed by atoms with Crippen molar-refractivity contribution in [1.29, 1.82) is 0 Å². The lowest BCUT2D eigenvalue weighted by Gasteiger charge is -2.01. The molecular formula is C18H14Cl4N4O2. The van der Waals surface area contributed by atoms with Crippen molar-refractivity contribution in [2.24, 2.45) is 10.2 Å². The van der Waals surface area contributed by atoms with Crippen molar-refractivity contribution in [2.45, 2.75) is 12.8 Å². The first kappa shape index (κ1) is 22.2. The van der Waals surface area contributed by atoms with Gasteiger partial charge in [-0.3, -0.25) is 9.59 Å². The lowest BCUT2D eigenvalue weighted by atomic mass is 10.2. The maximum Gasteiger partial charge on any atom is 0.240 e. The minimum absolute atomic E-state index is 0.0608. The molecular weight excluding hydrogens is 446 g/mol. The van der Waals surface area contributed by atoms with E-state index in [0.717, 1.165) is 0 Å². The zero-order valence-electron chi connectivity index (χ0n) is 14.3. The minimum atomic E-state index is -0.429. The van der Waals surface area contributed by atoms with Crippen molar-refractivity contribution in [3.63, 3.8) is 0 Å². The van der Waals surface area contributed by atoms with Crippen molar-refractivity contribution in [1.82, 2.24) is 10.9 Å². The highest BCUT2D eigenvalue weighted by molar-refractivity contribution is 6.36. The third-order valence-electron chi connectivity index (χ3n) is 3.29. The first-order valence-electron chi connectivity index (χ1n) is 7.89. The van der Waals surface area contributed by atoms with Gasteiger partial charge in [0.1, 0.15) is 0 Å². The number of amides is 2. The molecule has 146 valence electrons. The Hall–Kier alpha value is -2.12. The van der Waals surface area contributed by atoms with Crippen molar-refractivity contribution in [2.75, 3.05) is 0 Å². The number of hydrogen-bond acceptors (Lipinski definition) is 4. The molecule has 10 heteroatoms. The van der Waals surface area contributed by atoms with Crippen LogP contribution in [-0.4, -0.2) is 24.2 Å². The predicted octanol–water partition coefficient (Wildman–Crippen LogP) is 4.68. The number of rotatable bonds is 7. The Bertz CT molecular complexity index is 856. The third-order valence-corrected chi connectivity index (χ3v) is 4.41. The average Bonchev–Trinajstić information content (AvgIpc) is 2.63. The van der Waals surface area contributed by atoms with Gasteiger partial charge in [-0.25, -0.2) is 10.9 Å². The predicted molar refractivity (Wildman–Crippen MR) is 114 cm³/mol. The van der Waals surface area contributed by atoms with Crippen LogP contribution in [0.4, 0.5) is 0 Å². The summed E-state index contributed by atoms with van der Waals surface area (Å²) in [5.41, 5.74) is 5.82. The summed E-state index contributed by atoms with van der Waals surface area (Å²) in [5, 5.41) is 9.39. The third kappa shape index (κ3) is 7.48. The molecule has 28 heavy (non-hydrogen) atoms. The normalized spacial score (nSPS) is 11.1. The van der Waals surface area contributed by atoms with E-state index in [9.17, 15) is 9.59 Å². The molecule has 0 aliphatic rings. The van der Waals surface area contributed by atoms with Crippen molar-refractivity contribution >= 4 is 70.6 Å². The van der Waals surface area contributed by atoms with Gasteiger partial charge in [-0.05, 0) is 24.3 Å². The number of hydrogen-bond donors (Lipinski definition) is 2. The molecule has 0 saturated heterocycles. The molecule has 6 nitrogen and oxygen atoms in total. The summed E-state index contributed by atoms with van der Waals surface area (Å²) in [4.78, 5) is 23.4. The molecule has 0 atom stereocenters. The smallest absolute Gasteiger partial charge is 0.240 e. The first-order valence-corrected chi connectivity index (χ1v) is 9.40. The van der Waals surface area contributed by atoms with Gasteiger partial charge in [-0.15, -0.1) is 0 Å². The molecule has 2 N–H and O–H groups in total. The zero-order chi connectivity index (χ0) is 20.5. The molecule has 2 aromatic rings. The summed E-state index contributed by atoms with van der Waals surface area (Å²) < 4.78 is 0. The molecule has 0 spiro atoms. The number of benzene rings is 2. The van der Waals surface area contributed by atoms with Gasteiger partial charge in [0.25, 0.3) is 0 Å². The SMILES string of the molecule is O=C(CCC(=O)N/N=C\c1ccc(Cl)cc1Cl)N/N=C\c1ccc(Cl)cc1Cl. The van der Waals surface area contributed by atoms with Crippen molar-refractivity contribution < 1.29 is 9.59 Å². The molecule has 0 fully saturated rings. The minimum Gasteiger partial charge on any atom is -0.273 e. The molecule has 0 saturated carbocycles. The van der Waals surface area contributed by atoms with E-state index in [1.807, 2.05) is 0 Å². The molecule has 0 aliphatic heterocycles. The Morgan fingerprint density at radius 1 is 0.750 bits per heavy atom. The largest absolute Gasteiger partial charge is 0.273 e. The highest BCUT2D eigenvalue weighted by atomic mass is 35.5. The van der Waals surface area contributed by atoms with E-state index >= 15 is 0 Å². The van der Waals surface area contributed by atoms with E-state index in [1.165, 1.54) is 12.4 Å². The van der Waals surface area contributed by atoms with Crippen LogP contribution >= 0.6 is 46.4 Å². The van der Waals surface area contributed by atoms with Crippen LogP contribution in [0, 0.1) is 0 Å². The molecule has 2 aromatic carbocycles. The molecule has 0 heterocycles. The lowest BCUT2D eigenvalue weighted by molar-refractivity contribution is -0.126. The zero-order valence-corrected chi connectivity index (χ0v) is 17.3. The van der Waals surface area contributed by atoms with Crippen LogP contribution in [0.15, 0.2) is 46.6 Å². The standard InChI is InChI=1S/C18H14Cl4N4O2/c19-13-3-1-11(15(21)7-13)9-23-25-17(27)5-6-18(28)26-24-10-12-2-4-14(20)8-16(12)22/h1-4,7-10H,5-6H2,(H,25,27)(H,26,28)/b23-9-,24-10-. The van der Waals surface area contributed by atoms with Gasteiger partial charge in [0.15, 0.2) is 0 Å². The van der Waals surface area contributed by atoms with Gasteiger partial charge in [0.2, 0.25) is 11.8 Å². The van der Waals surface area contributed by atoms with Gasteiger partial charge in [0.05, 0.1) is 22.5 Å². The highest BCUT2D eigenvalue weighted by Crippen LogP contribution is 2.20. The molecule has 0 radical (unpaired) electrons. The summed E-state index contributed by atoms with van der Waals surface area (Å²) in [6.45, 7) is 0. The van der Waals surface area contributed by atoms with E-state index in [1.54, 1.807) is 36.4 Å². The summed E-state index contributed by atoms with van der Waals surface area (Å²) in [5.74, 6) is -0.859. The van der Waals surface area contributed by atoms with Gasteiger partial charge < -0.3 is 0 Å². The lowest BCUT2D eigenvalue weighted by Crippen LogP contribution is -2.22. The second-order valence-electron chi connectivity index (χ2n) is 5.42. The maximum absolute atomic E-state index is 11.7. The summed E-state index contributed by atoms with van der Waals surface area (Å²) in [6, 6.07) is 9.76. The number of nitrogens with one attached hydrogen (secondary N) is 2. The second kappa shape index (κ2) is 11.0. The molecule has 0 aromatic heterocycles. The van der Waals surface area contributed by atoms with Gasteiger partial charge in [0, 0.05) is 34.0 Å². The highest BCUT2D eigenvalue weighted by Gasteiger charge is 2.06. The molecule has 0 aliphatic carbocycles. The Kier molecular flexibility index (Phi) is 8.73. The monoisotopic (exact) mass is 458 g/mol. The number of carbonyl (C=O) groups excluding carboxylic acids is 2. The second-order valence-corrected chi connectivity index (χ2v) is 7.11. The average molecular weight is 460 g/mol. The van der Waals surface area contributed by atoms with E-state index in [2.05, 4.69) is 21.1 Å². The van der Waals surface area contributed by atoms with E-state index in [4.69, 9.17) is 46.4 Å². The van der Waals surface area contributed by atoms with Crippen LogP contribution in [0.3, 0.4) is 0 Å². The van der Waals surface area contributed by atoms with Crippen LogP contribution in [0.25, 0.3) is 0 Å². The Labute approximate surface area is 181 Å². The van der Waals surface area contributed by atoms with Crippen molar-refractivity contribution in [3.05, 3.63) is 67.6 Å².